The van der Waals surface area contributed by atoms with Crippen LogP contribution in [0.1, 0.15) is 31.9 Å². The summed E-state index contributed by atoms with van der Waals surface area (Å²) in [5.41, 5.74) is 16.3. The van der Waals surface area contributed by atoms with Crippen molar-refractivity contribution in [1.29, 1.82) is 0 Å². The largest absolute Gasteiger partial charge is 0.310 e. The van der Waals surface area contributed by atoms with Crippen LogP contribution in [0, 0.1) is 0 Å². The third-order valence-electron chi connectivity index (χ3n) is 12.1. The zero-order valence-corrected chi connectivity index (χ0v) is 33.2. The van der Waals surface area contributed by atoms with Crippen molar-refractivity contribution in [1.82, 2.24) is 4.57 Å². The lowest BCUT2D eigenvalue weighted by Crippen LogP contribution is -2.19. The van der Waals surface area contributed by atoms with Gasteiger partial charge in [-0.1, -0.05) is 166 Å². The minimum Gasteiger partial charge on any atom is -0.310 e. The molecule has 0 bridgehead atoms. The van der Waals surface area contributed by atoms with Crippen LogP contribution in [0.2, 0.25) is 0 Å². The van der Waals surface area contributed by atoms with Gasteiger partial charge in [-0.2, -0.15) is 0 Å². The van der Waals surface area contributed by atoms with Crippen LogP contribution in [0.4, 0.5) is 11.4 Å². The molecule has 10 rings (SSSR count). The maximum absolute atomic E-state index is 4.87. The molecule has 2 nitrogen and oxygen atoms in total. The Balaban J connectivity index is 1.16. The van der Waals surface area contributed by atoms with E-state index in [9.17, 15) is 0 Å². The Hall–Kier alpha value is -7.16. The fraction of sp³-hybridized carbons (Fsp3) is 0.0714. The Labute approximate surface area is 341 Å². The van der Waals surface area contributed by atoms with Crippen LogP contribution in [0.25, 0.3) is 66.1 Å². The van der Waals surface area contributed by atoms with Crippen molar-refractivity contribution in [2.45, 2.75) is 26.2 Å². The summed E-state index contributed by atoms with van der Waals surface area (Å²) in [7, 11) is 0. The van der Waals surface area contributed by atoms with E-state index in [0.717, 1.165) is 33.7 Å². The van der Waals surface area contributed by atoms with Gasteiger partial charge in [-0.15, -0.1) is 0 Å². The van der Waals surface area contributed by atoms with E-state index in [1.807, 2.05) is 0 Å². The number of benzene rings is 8. The Morgan fingerprint density at radius 2 is 1.19 bits per heavy atom. The standard InChI is InChI=1S/C56H44N2/c1-5-44-47-26-14-16-29-51(47)56(3,4)52(44)35-38(2)57(43-24-18-21-40(36-43)39-19-8-6-9-20-39)54-34-32-45(46-25-12-13-27-48(46)54)41-31-33-55-50(37-41)49-28-15-17-30-53(49)58(55)42-22-10-7-11-23-42/h5-37H,2H2,1,3-4H3/b44-5-,52-35+. The first-order chi connectivity index (χ1) is 28.4. The first-order valence-corrected chi connectivity index (χ1v) is 20.2. The fourth-order valence-electron chi connectivity index (χ4n) is 9.33. The van der Waals surface area contributed by atoms with Gasteiger partial charge < -0.3 is 9.47 Å². The number of rotatable bonds is 7. The van der Waals surface area contributed by atoms with Crippen LogP contribution in [0.3, 0.4) is 0 Å². The van der Waals surface area contributed by atoms with Gasteiger partial charge in [0.05, 0.1) is 16.7 Å². The Kier molecular flexibility index (Phi) is 8.57. The number of para-hydroxylation sites is 2. The first kappa shape index (κ1) is 35.3. The number of allylic oxidation sites excluding steroid dienone is 4. The van der Waals surface area contributed by atoms with Crippen molar-refractivity contribution in [3.8, 4) is 27.9 Å². The van der Waals surface area contributed by atoms with Crippen LogP contribution >= 0.6 is 0 Å². The lowest BCUT2D eigenvalue weighted by atomic mass is 9.81. The van der Waals surface area contributed by atoms with Gasteiger partial charge in [0.15, 0.2) is 0 Å². The molecule has 278 valence electrons. The highest BCUT2D eigenvalue weighted by molar-refractivity contribution is 6.12. The van der Waals surface area contributed by atoms with Gasteiger partial charge in [0, 0.05) is 38.6 Å². The molecule has 0 aliphatic heterocycles. The van der Waals surface area contributed by atoms with Gasteiger partial charge in [0.2, 0.25) is 0 Å². The predicted molar refractivity (Wildman–Crippen MR) is 248 cm³/mol. The second-order valence-corrected chi connectivity index (χ2v) is 15.8. The molecule has 0 unspecified atom stereocenters. The highest BCUT2D eigenvalue weighted by Gasteiger charge is 2.38. The summed E-state index contributed by atoms with van der Waals surface area (Å²) < 4.78 is 2.38. The van der Waals surface area contributed by atoms with Gasteiger partial charge in [-0.05, 0) is 111 Å². The Bertz CT molecular complexity index is 3100. The Morgan fingerprint density at radius 1 is 0.534 bits per heavy atom. The summed E-state index contributed by atoms with van der Waals surface area (Å²) in [6, 6.07) is 68.1. The summed E-state index contributed by atoms with van der Waals surface area (Å²) in [6.07, 6.45) is 4.58. The second kappa shape index (κ2) is 14.1. The summed E-state index contributed by atoms with van der Waals surface area (Å²) in [6.45, 7) is 11.7. The number of nitrogens with zero attached hydrogens (tertiary/aromatic N) is 2. The van der Waals surface area contributed by atoms with E-state index >= 15 is 0 Å². The molecule has 0 spiro atoms. The molecule has 0 saturated heterocycles. The molecule has 8 aromatic carbocycles. The molecule has 1 aromatic heterocycles. The van der Waals surface area contributed by atoms with Crippen molar-refractivity contribution in [2.24, 2.45) is 0 Å². The van der Waals surface area contributed by atoms with E-state index in [1.54, 1.807) is 0 Å². The minimum atomic E-state index is -0.187. The highest BCUT2D eigenvalue weighted by Crippen LogP contribution is 2.51. The fourth-order valence-corrected chi connectivity index (χ4v) is 9.33. The molecule has 0 fully saturated rings. The molecular formula is C56H44N2. The zero-order valence-electron chi connectivity index (χ0n) is 33.2. The molecule has 58 heavy (non-hydrogen) atoms. The lowest BCUT2D eigenvalue weighted by Gasteiger charge is -2.30. The summed E-state index contributed by atoms with van der Waals surface area (Å²) in [4.78, 5) is 2.36. The van der Waals surface area contributed by atoms with Gasteiger partial charge in [-0.25, -0.2) is 0 Å². The average Bonchev–Trinajstić information content (AvgIpc) is 3.71. The van der Waals surface area contributed by atoms with Gasteiger partial charge in [0.1, 0.15) is 0 Å². The summed E-state index contributed by atoms with van der Waals surface area (Å²) >= 11 is 0. The minimum absolute atomic E-state index is 0.187. The van der Waals surface area contributed by atoms with Crippen LogP contribution in [-0.2, 0) is 5.41 Å². The van der Waals surface area contributed by atoms with Crippen molar-refractivity contribution < 1.29 is 0 Å². The smallest absolute Gasteiger partial charge is 0.0541 e. The number of anilines is 2. The molecule has 0 N–H and O–H groups in total. The topological polar surface area (TPSA) is 8.17 Å². The maximum Gasteiger partial charge on any atom is 0.0541 e. The van der Waals surface area contributed by atoms with Crippen LogP contribution in [0.5, 0.6) is 0 Å². The van der Waals surface area contributed by atoms with Crippen molar-refractivity contribution in [3.05, 3.63) is 229 Å². The van der Waals surface area contributed by atoms with Gasteiger partial charge >= 0.3 is 0 Å². The summed E-state index contributed by atoms with van der Waals surface area (Å²) in [5, 5.41) is 4.84. The van der Waals surface area contributed by atoms with E-state index in [-0.39, 0.29) is 5.41 Å². The zero-order chi connectivity index (χ0) is 39.4. The molecule has 2 heteroatoms. The van der Waals surface area contributed by atoms with Crippen LogP contribution < -0.4 is 4.90 Å². The van der Waals surface area contributed by atoms with Crippen LogP contribution in [-0.4, -0.2) is 4.57 Å². The number of hydrogen-bond donors (Lipinski definition) is 0. The van der Waals surface area contributed by atoms with Crippen molar-refractivity contribution in [3.63, 3.8) is 0 Å². The van der Waals surface area contributed by atoms with Crippen LogP contribution in [0.15, 0.2) is 218 Å². The molecule has 1 aliphatic rings. The van der Waals surface area contributed by atoms with Crippen molar-refractivity contribution >= 4 is 49.5 Å². The SMILES string of the molecule is C=C(/C=C1\C(=C/C)c2ccccc2C1(C)C)N(c1cccc(-c2ccccc2)c1)c1ccc(-c2ccc3c(c2)c2ccccc2n3-c2ccccc2)c2ccccc12. The highest BCUT2D eigenvalue weighted by atomic mass is 15.1. The predicted octanol–water partition coefficient (Wildman–Crippen LogP) is 15.2. The second-order valence-electron chi connectivity index (χ2n) is 15.8. The average molecular weight is 745 g/mol. The molecule has 0 amide bonds. The first-order valence-electron chi connectivity index (χ1n) is 20.2. The Morgan fingerprint density at radius 3 is 1.98 bits per heavy atom. The molecule has 0 atom stereocenters. The maximum atomic E-state index is 4.87. The quantitative estimate of drug-likeness (QED) is 0.158. The number of hydrogen-bond acceptors (Lipinski definition) is 1. The molecule has 1 heterocycles. The monoisotopic (exact) mass is 744 g/mol. The van der Waals surface area contributed by atoms with Gasteiger partial charge in [-0.3, -0.25) is 0 Å². The van der Waals surface area contributed by atoms with E-state index in [2.05, 4.69) is 230 Å². The molecule has 0 radical (unpaired) electrons. The molecule has 9 aromatic rings. The molecular weight excluding hydrogens is 701 g/mol. The number of fused-ring (bicyclic) bond motifs is 5. The molecule has 1 aliphatic carbocycles. The third-order valence-corrected chi connectivity index (χ3v) is 12.1. The lowest BCUT2D eigenvalue weighted by molar-refractivity contribution is 0.660. The van der Waals surface area contributed by atoms with Gasteiger partial charge in [0.25, 0.3) is 0 Å². The normalized spacial score (nSPS) is 14.7. The van der Waals surface area contributed by atoms with Crippen molar-refractivity contribution in [2.75, 3.05) is 4.90 Å². The molecule has 0 saturated carbocycles. The van der Waals surface area contributed by atoms with E-state index in [4.69, 9.17) is 6.58 Å². The van der Waals surface area contributed by atoms with E-state index in [1.165, 1.54) is 66.2 Å². The third kappa shape index (κ3) is 5.72. The summed E-state index contributed by atoms with van der Waals surface area (Å²) in [5.74, 6) is 0. The van der Waals surface area contributed by atoms with E-state index < -0.39 is 0 Å². The van der Waals surface area contributed by atoms with E-state index in [0.29, 0.717) is 0 Å². The number of aromatic nitrogens is 1.